The lowest BCUT2D eigenvalue weighted by Gasteiger charge is -2.29. The number of methoxy groups -OCH3 is 2. The Morgan fingerprint density at radius 1 is 1.02 bits per heavy atom. The van der Waals surface area contributed by atoms with Crippen molar-refractivity contribution in [2.45, 2.75) is 18.8 Å². The summed E-state index contributed by atoms with van der Waals surface area (Å²) in [4.78, 5) is 14.7. The van der Waals surface area contributed by atoms with Gasteiger partial charge in [0.1, 0.15) is 16.5 Å². The highest BCUT2D eigenvalue weighted by Crippen LogP contribution is 2.38. The van der Waals surface area contributed by atoms with Crippen molar-refractivity contribution in [3.05, 3.63) is 47.1 Å². The van der Waals surface area contributed by atoms with Crippen LogP contribution in [0.15, 0.2) is 36.5 Å². The molecule has 0 amide bonds. The third-order valence-electron chi connectivity index (χ3n) is 7.57. The molecule has 1 fully saturated rings. The Kier molecular flexibility index (Phi) is 9.73. The number of hydrogen-bond donors (Lipinski definition) is 3. The molecule has 5 rings (SSSR count). The van der Waals surface area contributed by atoms with Gasteiger partial charge in [0.25, 0.3) is 0 Å². The number of β-amino-alcohol motifs (C(OH)–C–C–N with tert-alkyl or cyclic N) is 1. The van der Waals surface area contributed by atoms with Crippen LogP contribution in [0.4, 0.5) is 47.7 Å². The Labute approximate surface area is 258 Å². The van der Waals surface area contributed by atoms with Crippen molar-refractivity contribution in [3.63, 3.8) is 0 Å². The molecule has 15 heteroatoms. The number of halogens is 4. The van der Waals surface area contributed by atoms with Gasteiger partial charge in [-0.1, -0.05) is 11.6 Å². The van der Waals surface area contributed by atoms with Crippen LogP contribution in [-0.2, 0) is 11.3 Å². The summed E-state index contributed by atoms with van der Waals surface area (Å²) in [5.74, 6) is 1.66. The molecule has 238 valence electrons. The van der Waals surface area contributed by atoms with Crippen molar-refractivity contribution < 1.29 is 32.5 Å². The zero-order valence-electron chi connectivity index (χ0n) is 24.6. The van der Waals surface area contributed by atoms with Crippen molar-refractivity contribution in [3.8, 4) is 11.5 Å². The highest BCUT2D eigenvalue weighted by molar-refractivity contribution is 6.33. The second-order valence-corrected chi connectivity index (χ2v) is 10.9. The smallest absolute Gasteiger partial charge is 0.415 e. The summed E-state index contributed by atoms with van der Waals surface area (Å²) in [7, 11) is 4.95. The number of aliphatic hydroxyl groups is 1. The normalized spacial score (nSPS) is 16.6. The number of aliphatic hydroxyl groups excluding tert-OH is 1. The van der Waals surface area contributed by atoms with Crippen LogP contribution in [0.1, 0.15) is 5.56 Å². The minimum atomic E-state index is -4.68. The standard InChI is InChI=1S/C29H35ClF3N7O4/c1-38-6-7-39(17-26(41)29(31,32)33)16-18-12-24(42-2)22(14-23(18)38)36-28-34-15-20(30)27(37-28)35-21-5-4-19(13-25(21)43-3)40-8-10-44-11-9-40/h4-5,12-15,26,41H,6-11,16-17H2,1-3H3,(H2,34,35,36,37)/t26-/m1/s1. The molecule has 2 aliphatic rings. The molecule has 0 saturated carbocycles. The Hall–Kier alpha value is -3.72. The van der Waals surface area contributed by atoms with E-state index in [9.17, 15) is 18.3 Å². The van der Waals surface area contributed by atoms with E-state index in [2.05, 4.69) is 25.5 Å². The molecule has 3 heterocycles. The van der Waals surface area contributed by atoms with Crippen LogP contribution in [0, 0.1) is 0 Å². The summed E-state index contributed by atoms with van der Waals surface area (Å²) in [6.07, 6.45) is -5.64. The highest BCUT2D eigenvalue weighted by atomic mass is 35.5. The summed E-state index contributed by atoms with van der Waals surface area (Å²) in [6.45, 7) is 3.43. The van der Waals surface area contributed by atoms with E-state index in [1.165, 1.54) is 13.3 Å². The minimum Gasteiger partial charge on any atom is -0.495 e. The average molecular weight is 638 g/mol. The molecule has 2 aliphatic heterocycles. The van der Waals surface area contributed by atoms with Gasteiger partial charge >= 0.3 is 6.18 Å². The monoisotopic (exact) mass is 637 g/mol. The molecule has 0 bridgehead atoms. The van der Waals surface area contributed by atoms with Crippen molar-refractivity contribution in [2.75, 3.05) is 87.6 Å². The third kappa shape index (κ3) is 7.32. The molecule has 2 aromatic carbocycles. The lowest BCUT2D eigenvalue weighted by atomic mass is 10.1. The number of benzene rings is 2. The summed E-state index contributed by atoms with van der Waals surface area (Å²) < 4.78 is 55.7. The molecule has 1 saturated heterocycles. The number of alkyl halides is 3. The molecule has 3 aromatic rings. The summed E-state index contributed by atoms with van der Waals surface area (Å²) in [6, 6.07) is 9.45. The zero-order valence-corrected chi connectivity index (χ0v) is 25.4. The van der Waals surface area contributed by atoms with Gasteiger partial charge in [-0.05, 0) is 29.8 Å². The number of hydrogen-bond acceptors (Lipinski definition) is 11. The topological polar surface area (TPSA) is 107 Å². The van der Waals surface area contributed by atoms with Crippen LogP contribution in [0.3, 0.4) is 0 Å². The Bertz CT molecular complexity index is 1460. The lowest BCUT2D eigenvalue weighted by molar-refractivity contribution is -0.208. The number of aromatic nitrogens is 2. The van der Waals surface area contributed by atoms with E-state index in [0.29, 0.717) is 60.0 Å². The van der Waals surface area contributed by atoms with Crippen LogP contribution in [0.5, 0.6) is 11.5 Å². The predicted octanol–water partition coefficient (Wildman–Crippen LogP) is 4.65. The van der Waals surface area contributed by atoms with Crippen LogP contribution in [0.25, 0.3) is 0 Å². The van der Waals surface area contributed by atoms with Crippen LogP contribution in [-0.4, -0.2) is 99.5 Å². The summed E-state index contributed by atoms with van der Waals surface area (Å²) >= 11 is 6.46. The molecule has 3 N–H and O–H groups in total. The molecule has 11 nitrogen and oxygen atoms in total. The number of rotatable bonds is 9. The second kappa shape index (κ2) is 13.5. The number of ether oxygens (including phenoxy) is 3. The van der Waals surface area contributed by atoms with Crippen LogP contribution >= 0.6 is 11.6 Å². The van der Waals surface area contributed by atoms with E-state index < -0.39 is 18.8 Å². The van der Waals surface area contributed by atoms with Gasteiger partial charge in [0.2, 0.25) is 5.95 Å². The van der Waals surface area contributed by atoms with Crippen LogP contribution < -0.4 is 29.9 Å². The highest BCUT2D eigenvalue weighted by Gasteiger charge is 2.39. The maximum atomic E-state index is 13.0. The second-order valence-electron chi connectivity index (χ2n) is 10.5. The number of morpholine rings is 1. The molecule has 0 spiro atoms. The van der Waals surface area contributed by atoms with Gasteiger partial charge in [-0.2, -0.15) is 18.2 Å². The average Bonchev–Trinajstić information content (AvgIpc) is 3.16. The van der Waals surface area contributed by atoms with Crippen molar-refractivity contribution >= 4 is 46.1 Å². The van der Waals surface area contributed by atoms with Gasteiger partial charge in [-0.25, -0.2) is 4.98 Å². The Morgan fingerprint density at radius 2 is 1.75 bits per heavy atom. The first-order valence-corrected chi connectivity index (χ1v) is 14.4. The van der Waals surface area contributed by atoms with Gasteiger partial charge in [0.15, 0.2) is 11.9 Å². The number of likely N-dealkylation sites (N-methyl/N-ethyl adjacent to an activating group) is 1. The van der Waals surface area contributed by atoms with E-state index in [0.717, 1.165) is 30.0 Å². The SMILES string of the molecule is COc1cc2c(cc1Nc1ncc(Cl)c(Nc3ccc(N4CCOCC4)cc3OC)n1)N(C)CCN(C[C@@H](O)C(F)(F)F)C2. The quantitative estimate of drug-likeness (QED) is 0.305. The van der Waals surface area contributed by atoms with Crippen molar-refractivity contribution in [1.82, 2.24) is 14.9 Å². The molecule has 0 radical (unpaired) electrons. The predicted molar refractivity (Wildman–Crippen MR) is 163 cm³/mol. The lowest BCUT2D eigenvalue weighted by Crippen LogP contribution is -2.42. The minimum absolute atomic E-state index is 0.209. The van der Waals surface area contributed by atoms with E-state index in [1.54, 1.807) is 18.1 Å². The Balaban J connectivity index is 1.36. The maximum absolute atomic E-state index is 13.0. The molecule has 0 aliphatic carbocycles. The maximum Gasteiger partial charge on any atom is 0.415 e. The van der Waals surface area contributed by atoms with Gasteiger partial charge in [0, 0.05) is 63.8 Å². The number of nitrogens with one attached hydrogen (secondary N) is 2. The van der Waals surface area contributed by atoms with Crippen LogP contribution in [0.2, 0.25) is 5.02 Å². The first-order chi connectivity index (χ1) is 21.0. The first kappa shape index (κ1) is 31.7. The summed E-state index contributed by atoms with van der Waals surface area (Å²) in [5.41, 5.74) is 3.80. The number of fused-ring (bicyclic) bond motifs is 1. The molecular weight excluding hydrogens is 603 g/mol. The van der Waals surface area contributed by atoms with Gasteiger partial charge in [-0.3, -0.25) is 4.90 Å². The first-order valence-electron chi connectivity index (χ1n) is 14.0. The Morgan fingerprint density at radius 3 is 2.45 bits per heavy atom. The van der Waals surface area contributed by atoms with E-state index in [1.807, 2.05) is 36.2 Å². The third-order valence-corrected chi connectivity index (χ3v) is 7.85. The fraction of sp³-hybridized carbons (Fsp3) is 0.448. The molecular formula is C29H35ClF3N7O4. The molecule has 0 unspecified atom stereocenters. The number of anilines is 6. The van der Waals surface area contributed by atoms with E-state index in [4.69, 9.17) is 25.8 Å². The molecule has 1 aromatic heterocycles. The van der Waals surface area contributed by atoms with E-state index in [-0.39, 0.29) is 12.5 Å². The van der Waals surface area contributed by atoms with Crippen molar-refractivity contribution in [2.24, 2.45) is 0 Å². The zero-order chi connectivity index (χ0) is 31.4. The fourth-order valence-electron chi connectivity index (χ4n) is 5.16. The van der Waals surface area contributed by atoms with Gasteiger partial charge in [-0.15, -0.1) is 0 Å². The van der Waals surface area contributed by atoms with Crippen molar-refractivity contribution in [1.29, 1.82) is 0 Å². The van der Waals surface area contributed by atoms with Gasteiger partial charge in [0.05, 0.1) is 45.0 Å². The van der Waals surface area contributed by atoms with E-state index >= 15 is 0 Å². The molecule has 44 heavy (non-hydrogen) atoms. The van der Waals surface area contributed by atoms with Gasteiger partial charge < -0.3 is 39.8 Å². The number of nitrogens with zero attached hydrogens (tertiary/aromatic N) is 5. The summed E-state index contributed by atoms with van der Waals surface area (Å²) in [5, 5.41) is 16.3. The molecule has 1 atom stereocenters. The largest absolute Gasteiger partial charge is 0.495 e. The fourth-order valence-corrected chi connectivity index (χ4v) is 5.30.